The molecular weight excluding hydrogens is 333 g/mol. The van der Waals surface area contributed by atoms with Gasteiger partial charge < -0.3 is 15.0 Å². The number of amides is 1. The highest BCUT2D eigenvalue weighted by atomic mass is 19.1. The number of halogens is 1. The van der Waals surface area contributed by atoms with Crippen LogP contribution in [0, 0.1) is 11.7 Å². The van der Waals surface area contributed by atoms with E-state index in [9.17, 15) is 9.18 Å². The van der Waals surface area contributed by atoms with Gasteiger partial charge in [0.2, 0.25) is 5.91 Å². The fourth-order valence-corrected chi connectivity index (χ4v) is 3.95. The van der Waals surface area contributed by atoms with E-state index in [1.165, 1.54) is 12.1 Å². The number of hydrogen-bond acceptors (Lipinski definition) is 4. The highest BCUT2D eigenvalue weighted by molar-refractivity contribution is 5.92. The van der Waals surface area contributed by atoms with Crippen molar-refractivity contribution in [1.82, 2.24) is 10.3 Å². The van der Waals surface area contributed by atoms with E-state index in [0.717, 1.165) is 55.4 Å². The van der Waals surface area contributed by atoms with Crippen LogP contribution in [0.25, 0.3) is 10.9 Å². The Morgan fingerprint density at radius 2 is 2.23 bits per heavy atom. The monoisotopic (exact) mass is 357 g/mol. The number of anilines is 1. The first kappa shape index (κ1) is 17.2. The molecule has 4 rings (SSSR count). The summed E-state index contributed by atoms with van der Waals surface area (Å²) in [6.07, 6.45) is 5.82. The molecule has 138 valence electrons. The molecule has 6 heteroatoms. The van der Waals surface area contributed by atoms with Gasteiger partial charge in [-0.1, -0.05) is 0 Å². The Labute approximate surface area is 152 Å². The summed E-state index contributed by atoms with van der Waals surface area (Å²) < 4.78 is 19.3. The Bertz CT molecular complexity index is 792. The van der Waals surface area contributed by atoms with Crippen molar-refractivity contribution in [3.63, 3.8) is 0 Å². The molecule has 0 aliphatic carbocycles. The van der Waals surface area contributed by atoms with Crippen molar-refractivity contribution in [2.75, 3.05) is 31.1 Å². The second-order valence-corrected chi connectivity index (χ2v) is 7.16. The number of nitrogens with one attached hydrogen (secondary N) is 1. The summed E-state index contributed by atoms with van der Waals surface area (Å²) >= 11 is 0. The van der Waals surface area contributed by atoms with Crippen LogP contribution in [-0.2, 0) is 9.53 Å². The minimum absolute atomic E-state index is 0.0538. The molecule has 2 unspecified atom stereocenters. The van der Waals surface area contributed by atoms with Crippen molar-refractivity contribution in [2.45, 2.75) is 31.8 Å². The van der Waals surface area contributed by atoms with Crippen LogP contribution in [0.3, 0.4) is 0 Å². The maximum absolute atomic E-state index is 13.7. The first-order valence-electron chi connectivity index (χ1n) is 9.39. The molecule has 2 fully saturated rings. The third-order valence-corrected chi connectivity index (χ3v) is 5.34. The maximum Gasteiger partial charge on any atom is 0.224 e. The molecule has 5 nitrogen and oxygen atoms in total. The number of pyridine rings is 1. The van der Waals surface area contributed by atoms with Gasteiger partial charge in [0.1, 0.15) is 5.82 Å². The lowest BCUT2D eigenvalue weighted by molar-refractivity contribution is -0.125. The number of benzene rings is 1. The van der Waals surface area contributed by atoms with Gasteiger partial charge in [-0.25, -0.2) is 4.39 Å². The molecule has 1 amide bonds. The molecule has 2 aromatic rings. The summed E-state index contributed by atoms with van der Waals surface area (Å²) in [6, 6.07) is 6.56. The van der Waals surface area contributed by atoms with E-state index in [1.54, 1.807) is 12.3 Å². The van der Waals surface area contributed by atoms with Gasteiger partial charge >= 0.3 is 0 Å². The van der Waals surface area contributed by atoms with E-state index < -0.39 is 0 Å². The average molecular weight is 357 g/mol. The van der Waals surface area contributed by atoms with E-state index in [4.69, 9.17) is 4.74 Å². The number of carbonyl (C=O) groups is 1. The molecular formula is C20H24FN3O2. The summed E-state index contributed by atoms with van der Waals surface area (Å²) in [5, 5.41) is 3.85. The maximum atomic E-state index is 13.7. The van der Waals surface area contributed by atoms with Gasteiger partial charge in [0, 0.05) is 43.5 Å². The lowest BCUT2D eigenvalue weighted by Crippen LogP contribution is -2.44. The molecule has 26 heavy (non-hydrogen) atoms. The third kappa shape index (κ3) is 3.65. The van der Waals surface area contributed by atoms with Gasteiger partial charge in [0.15, 0.2) is 0 Å². The molecule has 3 heterocycles. The number of ether oxygens (including phenoxy) is 1. The van der Waals surface area contributed by atoms with Gasteiger partial charge in [-0.15, -0.1) is 0 Å². The minimum atomic E-state index is -0.269. The fraction of sp³-hybridized carbons (Fsp3) is 0.500. The second kappa shape index (κ2) is 7.58. The van der Waals surface area contributed by atoms with Crippen molar-refractivity contribution in [3.05, 3.63) is 36.3 Å². The van der Waals surface area contributed by atoms with Crippen molar-refractivity contribution in [3.8, 4) is 0 Å². The van der Waals surface area contributed by atoms with Crippen LogP contribution in [0.1, 0.15) is 25.7 Å². The van der Waals surface area contributed by atoms with Gasteiger partial charge in [0.25, 0.3) is 0 Å². The van der Waals surface area contributed by atoms with E-state index >= 15 is 0 Å². The quantitative estimate of drug-likeness (QED) is 0.914. The molecule has 0 radical (unpaired) electrons. The molecule has 2 atom stereocenters. The molecule has 1 aromatic carbocycles. The van der Waals surface area contributed by atoms with Crippen LogP contribution in [0.2, 0.25) is 0 Å². The van der Waals surface area contributed by atoms with E-state index in [-0.39, 0.29) is 23.7 Å². The average Bonchev–Trinajstić information content (AvgIpc) is 3.19. The Hall–Kier alpha value is -2.21. The molecule has 0 spiro atoms. The summed E-state index contributed by atoms with van der Waals surface area (Å²) in [6.45, 7) is 2.90. The number of nitrogens with zero attached hydrogens (tertiary/aromatic N) is 2. The Balaban J connectivity index is 1.46. The SMILES string of the molecule is O=C(NCC1CCCO1)C1CCCN(c2ccnc3ccc(F)cc23)C1. The zero-order valence-electron chi connectivity index (χ0n) is 14.8. The normalized spacial score (nSPS) is 23.3. The topological polar surface area (TPSA) is 54.5 Å². The zero-order valence-corrected chi connectivity index (χ0v) is 14.8. The van der Waals surface area contributed by atoms with E-state index in [1.807, 2.05) is 6.07 Å². The van der Waals surface area contributed by atoms with E-state index in [0.29, 0.717) is 13.1 Å². The highest BCUT2D eigenvalue weighted by Crippen LogP contribution is 2.30. The van der Waals surface area contributed by atoms with Crippen LogP contribution in [0.4, 0.5) is 10.1 Å². The third-order valence-electron chi connectivity index (χ3n) is 5.34. The fourth-order valence-electron chi connectivity index (χ4n) is 3.95. The van der Waals surface area contributed by atoms with Crippen molar-refractivity contribution in [2.24, 2.45) is 5.92 Å². The Kier molecular flexibility index (Phi) is 5.02. The predicted octanol–water partition coefficient (Wildman–Crippen LogP) is 2.89. The van der Waals surface area contributed by atoms with Crippen molar-refractivity contribution < 1.29 is 13.9 Å². The first-order chi connectivity index (χ1) is 12.7. The largest absolute Gasteiger partial charge is 0.376 e. The van der Waals surface area contributed by atoms with Gasteiger partial charge in [-0.3, -0.25) is 9.78 Å². The van der Waals surface area contributed by atoms with Crippen LogP contribution in [0.5, 0.6) is 0 Å². The van der Waals surface area contributed by atoms with Crippen LogP contribution in [-0.4, -0.2) is 43.2 Å². The lowest BCUT2D eigenvalue weighted by Gasteiger charge is -2.34. The number of aromatic nitrogens is 1. The zero-order chi connectivity index (χ0) is 17.9. The summed E-state index contributed by atoms with van der Waals surface area (Å²) in [7, 11) is 0. The minimum Gasteiger partial charge on any atom is -0.376 e. The molecule has 1 N–H and O–H groups in total. The molecule has 1 aromatic heterocycles. The summed E-state index contributed by atoms with van der Waals surface area (Å²) in [5.74, 6) is -0.230. The number of piperidine rings is 1. The summed E-state index contributed by atoms with van der Waals surface area (Å²) in [5.41, 5.74) is 1.72. The summed E-state index contributed by atoms with van der Waals surface area (Å²) in [4.78, 5) is 19.1. The van der Waals surface area contributed by atoms with Gasteiger partial charge in [-0.05, 0) is 49.9 Å². The van der Waals surface area contributed by atoms with Gasteiger partial charge in [0.05, 0.1) is 17.5 Å². The number of fused-ring (bicyclic) bond motifs is 1. The van der Waals surface area contributed by atoms with Crippen LogP contribution >= 0.6 is 0 Å². The standard InChI is InChI=1S/C20H24FN3O2/c21-15-5-6-18-17(11-15)19(7-8-22-18)24-9-1-3-14(13-24)20(25)23-12-16-4-2-10-26-16/h5-8,11,14,16H,1-4,9-10,12-13H2,(H,23,25). The van der Waals surface area contributed by atoms with E-state index in [2.05, 4.69) is 15.2 Å². The van der Waals surface area contributed by atoms with Crippen molar-refractivity contribution >= 4 is 22.5 Å². The molecule has 0 bridgehead atoms. The number of rotatable bonds is 4. The van der Waals surface area contributed by atoms with Crippen LogP contribution < -0.4 is 10.2 Å². The van der Waals surface area contributed by atoms with Crippen LogP contribution in [0.15, 0.2) is 30.5 Å². The smallest absolute Gasteiger partial charge is 0.224 e. The number of carbonyl (C=O) groups excluding carboxylic acids is 1. The van der Waals surface area contributed by atoms with Gasteiger partial charge in [-0.2, -0.15) is 0 Å². The molecule has 2 aliphatic heterocycles. The second-order valence-electron chi connectivity index (χ2n) is 7.16. The first-order valence-corrected chi connectivity index (χ1v) is 9.39. The van der Waals surface area contributed by atoms with Crippen molar-refractivity contribution in [1.29, 1.82) is 0 Å². The predicted molar refractivity (Wildman–Crippen MR) is 98.6 cm³/mol. The Morgan fingerprint density at radius 1 is 1.31 bits per heavy atom. The lowest BCUT2D eigenvalue weighted by atomic mass is 9.96. The molecule has 2 saturated heterocycles. The number of hydrogen-bond donors (Lipinski definition) is 1. The Morgan fingerprint density at radius 3 is 3.08 bits per heavy atom. The highest BCUT2D eigenvalue weighted by Gasteiger charge is 2.27. The molecule has 0 saturated carbocycles. The molecule has 2 aliphatic rings.